The molecule has 0 radical (unpaired) electrons. The molecule has 0 saturated heterocycles. The Hall–Kier alpha value is -3.46. The van der Waals surface area contributed by atoms with Crippen molar-refractivity contribution >= 4 is 11.6 Å². The van der Waals surface area contributed by atoms with E-state index in [-0.39, 0.29) is 36.6 Å². The smallest absolute Gasteiger partial charge is 0.264 e. The molecule has 1 aliphatic rings. The third-order valence-electron chi connectivity index (χ3n) is 4.45. The van der Waals surface area contributed by atoms with Crippen molar-refractivity contribution in [3.05, 3.63) is 42.2 Å². The molecule has 2 heterocycles. The molecule has 1 aromatic heterocycles. The van der Waals surface area contributed by atoms with E-state index in [4.69, 9.17) is 18.7 Å². The maximum Gasteiger partial charge on any atom is 0.264 e. The fourth-order valence-corrected chi connectivity index (χ4v) is 2.86. The highest BCUT2D eigenvalue weighted by molar-refractivity contribution is 5.98. The van der Waals surface area contributed by atoms with Crippen LogP contribution in [0, 0.1) is 5.82 Å². The molecule has 0 unspecified atom stereocenters. The number of aromatic nitrogens is 2. The lowest BCUT2D eigenvalue weighted by Crippen LogP contribution is -2.35. The Morgan fingerprint density at radius 3 is 2.79 bits per heavy atom. The van der Waals surface area contributed by atoms with E-state index in [0.29, 0.717) is 29.2 Å². The van der Waals surface area contributed by atoms with Crippen molar-refractivity contribution in [3.63, 3.8) is 0 Å². The number of amides is 1. The minimum atomic E-state index is -0.531. The summed E-state index contributed by atoms with van der Waals surface area (Å²) in [6.07, 6.45) is 0. The maximum absolute atomic E-state index is 14.3. The molecule has 1 amide bonds. The Morgan fingerprint density at radius 2 is 2.00 bits per heavy atom. The molecule has 0 bridgehead atoms. The predicted molar refractivity (Wildman–Crippen MR) is 101 cm³/mol. The average Bonchev–Trinajstić information content (AvgIpc) is 3.22. The highest BCUT2D eigenvalue weighted by Crippen LogP contribution is 2.35. The fraction of sp³-hybridized carbons (Fsp3) is 0.250. The molecule has 9 heteroatoms. The summed E-state index contributed by atoms with van der Waals surface area (Å²) in [5.74, 6) is 0.523. The van der Waals surface area contributed by atoms with Crippen molar-refractivity contribution in [2.24, 2.45) is 0 Å². The average molecular weight is 399 g/mol. The van der Waals surface area contributed by atoms with E-state index in [1.807, 2.05) is 0 Å². The number of rotatable bonds is 6. The molecule has 0 atom stereocenters. The molecule has 150 valence electrons. The van der Waals surface area contributed by atoms with Crippen LogP contribution in [-0.2, 0) is 9.53 Å². The largest absolute Gasteiger partial charge is 0.488 e. The Labute approximate surface area is 165 Å². The number of benzene rings is 2. The van der Waals surface area contributed by atoms with Crippen LogP contribution >= 0.6 is 0 Å². The van der Waals surface area contributed by atoms with Crippen molar-refractivity contribution in [3.8, 4) is 34.3 Å². The molecule has 4 rings (SSSR count). The minimum absolute atomic E-state index is 0.00426. The Bertz CT molecular complexity index is 1050. The van der Waals surface area contributed by atoms with Crippen molar-refractivity contribution < 1.29 is 27.9 Å². The van der Waals surface area contributed by atoms with Crippen LogP contribution in [0.15, 0.2) is 40.9 Å². The van der Waals surface area contributed by atoms with Crippen molar-refractivity contribution in [2.75, 3.05) is 38.9 Å². The van der Waals surface area contributed by atoms with Gasteiger partial charge in [0.05, 0.1) is 12.3 Å². The van der Waals surface area contributed by atoms with E-state index >= 15 is 0 Å². The molecule has 1 aliphatic heterocycles. The third kappa shape index (κ3) is 3.77. The van der Waals surface area contributed by atoms with Gasteiger partial charge in [-0.05, 0) is 36.4 Å². The van der Waals surface area contributed by atoms with Gasteiger partial charge in [-0.2, -0.15) is 4.98 Å². The second kappa shape index (κ2) is 7.88. The zero-order valence-electron chi connectivity index (χ0n) is 15.8. The molecule has 8 nitrogen and oxygen atoms in total. The summed E-state index contributed by atoms with van der Waals surface area (Å²) in [6, 6.07) is 9.66. The summed E-state index contributed by atoms with van der Waals surface area (Å²) >= 11 is 0. The van der Waals surface area contributed by atoms with E-state index in [9.17, 15) is 9.18 Å². The summed E-state index contributed by atoms with van der Waals surface area (Å²) < 4.78 is 35.2. The summed E-state index contributed by atoms with van der Waals surface area (Å²) in [5, 5.41) is 3.93. The van der Waals surface area contributed by atoms with Gasteiger partial charge in [0.25, 0.3) is 11.8 Å². The lowest BCUT2D eigenvalue weighted by molar-refractivity contribution is -0.120. The van der Waals surface area contributed by atoms with Gasteiger partial charge in [0, 0.05) is 25.3 Å². The van der Waals surface area contributed by atoms with Gasteiger partial charge in [-0.1, -0.05) is 5.16 Å². The highest BCUT2D eigenvalue weighted by Gasteiger charge is 2.23. The lowest BCUT2D eigenvalue weighted by Gasteiger charge is -2.25. The Morgan fingerprint density at radius 1 is 1.17 bits per heavy atom. The SMILES string of the molecule is COCCOc1ccc(-c2noc(-c3ccc4c(c3)N(C)C(=O)CO4)n2)cc1F. The molecular weight excluding hydrogens is 381 g/mol. The summed E-state index contributed by atoms with van der Waals surface area (Å²) in [4.78, 5) is 17.7. The first kappa shape index (κ1) is 18.9. The highest BCUT2D eigenvalue weighted by atomic mass is 19.1. The lowest BCUT2D eigenvalue weighted by atomic mass is 10.1. The van der Waals surface area contributed by atoms with Gasteiger partial charge in [0.15, 0.2) is 18.2 Å². The zero-order chi connectivity index (χ0) is 20.4. The molecule has 29 heavy (non-hydrogen) atoms. The third-order valence-corrected chi connectivity index (χ3v) is 4.45. The first-order chi connectivity index (χ1) is 14.1. The van der Waals surface area contributed by atoms with Crippen LogP contribution in [0.4, 0.5) is 10.1 Å². The zero-order valence-corrected chi connectivity index (χ0v) is 15.8. The number of hydrogen-bond donors (Lipinski definition) is 0. The first-order valence-electron chi connectivity index (χ1n) is 8.86. The van der Waals surface area contributed by atoms with Crippen LogP contribution in [-0.4, -0.2) is 50.0 Å². The van der Waals surface area contributed by atoms with Gasteiger partial charge in [0.2, 0.25) is 5.82 Å². The van der Waals surface area contributed by atoms with E-state index in [1.54, 1.807) is 38.4 Å². The monoisotopic (exact) mass is 399 g/mol. The van der Waals surface area contributed by atoms with Crippen LogP contribution in [0.3, 0.4) is 0 Å². The van der Waals surface area contributed by atoms with Crippen LogP contribution in [0.25, 0.3) is 22.8 Å². The molecule has 0 saturated carbocycles. The number of hydrogen-bond acceptors (Lipinski definition) is 7. The van der Waals surface area contributed by atoms with Gasteiger partial charge < -0.3 is 23.6 Å². The van der Waals surface area contributed by atoms with Gasteiger partial charge in [0.1, 0.15) is 12.4 Å². The van der Waals surface area contributed by atoms with Crippen molar-refractivity contribution in [2.45, 2.75) is 0 Å². The first-order valence-corrected chi connectivity index (χ1v) is 8.86. The van der Waals surface area contributed by atoms with Gasteiger partial charge in [-0.3, -0.25) is 4.79 Å². The standard InChI is InChI=1S/C20H18FN3O5/c1-24-15-10-13(4-6-17(15)28-11-18(24)25)20-22-19(23-29-20)12-3-5-16(14(21)9-12)27-8-7-26-2/h3-6,9-10H,7-8,11H2,1-2H3. The molecule has 2 aromatic carbocycles. The number of methoxy groups -OCH3 is 1. The van der Waals surface area contributed by atoms with E-state index in [0.717, 1.165) is 0 Å². The predicted octanol–water partition coefficient (Wildman–Crippen LogP) is 2.92. The Balaban J connectivity index is 1.58. The topological polar surface area (TPSA) is 86.9 Å². The Kier molecular flexibility index (Phi) is 5.13. The normalized spacial score (nSPS) is 13.2. The number of ether oxygens (including phenoxy) is 3. The number of nitrogens with zero attached hydrogens (tertiary/aromatic N) is 3. The van der Waals surface area contributed by atoms with E-state index in [1.165, 1.54) is 17.0 Å². The molecule has 0 aliphatic carbocycles. The molecule has 0 spiro atoms. The van der Waals surface area contributed by atoms with Crippen molar-refractivity contribution in [1.82, 2.24) is 10.1 Å². The van der Waals surface area contributed by atoms with Crippen LogP contribution < -0.4 is 14.4 Å². The van der Waals surface area contributed by atoms with E-state index < -0.39 is 5.82 Å². The number of carbonyl (C=O) groups excluding carboxylic acids is 1. The maximum atomic E-state index is 14.3. The second-order valence-electron chi connectivity index (χ2n) is 6.33. The van der Waals surface area contributed by atoms with E-state index in [2.05, 4.69) is 10.1 Å². The number of likely N-dealkylation sites (N-methyl/N-ethyl adjacent to an activating group) is 1. The minimum Gasteiger partial charge on any atom is -0.488 e. The van der Waals surface area contributed by atoms with Crippen LogP contribution in [0.5, 0.6) is 11.5 Å². The molecule has 3 aromatic rings. The molecule has 0 N–H and O–H groups in total. The number of anilines is 1. The van der Waals surface area contributed by atoms with Gasteiger partial charge in [-0.25, -0.2) is 4.39 Å². The fourth-order valence-electron chi connectivity index (χ4n) is 2.86. The van der Waals surface area contributed by atoms with Crippen molar-refractivity contribution in [1.29, 1.82) is 0 Å². The quantitative estimate of drug-likeness (QED) is 0.589. The number of carbonyl (C=O) groups is 1. The summed E-state index contributed by atoms with van der Waals surface area (Å²) in [5.41, 5.74) is 1.68. The van der Waals surface area contributed by atoms with Crippen LogP contribution in [0.2, 0.25) is 0 Å². The summed E-state index contributed by atoms with van der Waals surface area (Å²) in [7, 11) is 3.22. The summed E-state index contributed by atoms with van der Waals surface area (Å²) in [6.45, 7) is 0.615. The molecular formula is C20H18FN3O5. The van der Waals surface area contributed by atoms with Gasteiger partial charge in [-0.15, -0.1) is 0 Å². The second-order valence-corrected chi connectivity index (χ2v) is 6.33. The molecule has 0 fully saturated rings. The van der Waals surface area contributed by atoms with Crippen LogP contribution in [0.1, 0.15) is 0 Å². The number of halogens is 1. The van der Waals surface area contributed by atoms with Gasteiger partial charge >= 0.3 is 0 Å². The number of fused-ring (bicyclic) bond motifs is 1.